The van der Waals surface area contributed by atoms with Crippen LogP contribution in [0.2, 0.25) is 0 Å². The molecule has 2 unspecified atom stereocenters. The van der Waals surface area contributed by atoms with Gasteiger partial charge < -0.3 is 9.80 Å². The van der Waals surface area contributed by atoms with Crippen LogP contribution in [0.25, 0.3) is 16.7 Å². The fraction of sp³-hybridized carbons (Fsp3) is 0.185. The van der Waals surface area contributed by atoms with Gasteiger partial charge in [0.15, 0.2) is 0 Å². The lowest BCUT2D eigenvalue weighted by atomic mass is 9.86. The van der Waals surface area contributed by atoms with Crippen LogP contribution in [0.1, 0.15) is 68.4 Å². The molecule has 0 heterocycles. The van der Waals surface area contributed by atoms with Crippen molar-refractivity contribution in [2.45, 2.75) is 63.3 Å². The summed E-state index contributed by atoms with van der Waals surface area (Å²) in [4.78, 5) is 4.98. The second-order valence-electron chi connectivity index (χ2n) is 15.4. The summed E-state index contributed by atoms with van der Waals surface area (Å²) < 4.78 is 0. The molecule has 0 saturated heterocycles. The first-order valence-corrected chi connectivity index (χ1v) is 20.6. The highest BCUT2D eigenvalue weighted by molar-refractivity contribution is 5.83. The zero-order valence-electron chi connectivity index (χ0n) is 32.2. The van der Waals surface area contributed by atoms with Gasteiger partial charge in [0.2, 0.25) is 0 Å². The smallest absolute Gasteiger partial charge is 0.0557 e. The minimum atomic E-state index is 0.295. The first kappa shape index (κ1) is 35.6. The Bertz CT molecular complexity index is 2370. The van der Waals surface area contributed by atoms with Gasteiger partial charge in [-0.2, -0.15) is 0 Å². The van der Waals surface area contributed by atoms with Crippen LogP contribution in [0.4, 0.5) is 22.7 Å². The lowest BCUT2D eigenvalue weighted by Crippen LogP contribution is -2.34. The van der Waals surface area contributed by atoms with Crippen molar-refractivity contribution in [1.29, 1.82) is 0 Å². The van der Waals surface area contributed by atoms with Crippen molar-refractivity contribution < 1.29 is 0 Å². The molecule has 4 aliphatic rings. The van der Waals surface area contributed by atoms with Gasteiger partial charge in [0, 0.05) is 34.4 Å². The Morgan fingerprint density at radius 1 is 0.518 bits per heavy atom. The summed E-state index contributed by atoms with van der Waals surface area (Å²) in [5, 5.41) is 0. The van der Waals surface area contributed by atoms with Crippen LogP contribution in [-0.2, 0) is 0 Å². The molecule has 2 heteroatoms. The number of rotatable bonds is 10. The minimum Gasteiger partial charge on any atom is -0.338 e. The Labute approximate surface area is 333 Å². The number of anilines is 4. The average Bonchev–Trinajstić information content (AvgIpc) is 3.29. The summed E-state index contributed by atoms with van der Waals surface area (Å²) in [6, 6.07) is 48.9. The minimum absolute atomic E-state index is 0.295. The molecule has 2 nitrogen and oxygen atoms in total. The molecule has 5 aromatic rings. The molecule has 0 amide bonds. The van der Waals surface area contributed by atoms with Crippen LogP contribution in [-0.4, -0.2) is 6.04 Å². The van der Waals surface area contributed by atoms with Gasteiger partial charge in [-0.05, 0) is 145 Å². The molecule has 4 aliphatic carbocycles. The van der Waals surface area contributed by atoms with Crippen LogP contribution in [0, 0.1) is 0 Å². The maximum atomic E-state index is 2.61. The van der Waals surface area contributed by atoms with Crippen LogP contribution in [0.5, 0.6) is 0 Å². The van der Waals surface area contributed by atoms with Gasteiger partial charge in [-0.3, -0.25) is 0 Å². The average molecular weight is 727 g/mol. The molecule has 276 valence electrons. The van der Waals surface area contributed by atoms with E-state index in [1.807, 2.05) is 0 Å². The molecule has 56 heavy (non-hydrogen) atoms. The van der Waals surface area contributed by atoms with Crippen LogP contribution in [0.3, 0.4) is 0 Å². The summed E-state index contributed by atoms with van der Waals surface area (Å²) >= 11 is 0. The molecule has 0 spiro atoms. The number of allylic oxidation sites excluding steroid dienone is 12. The van der Waals surface area contributed by atoms with Gasteiger partial charge in [-0.1, -0.05) is 140 Å². The van der Waals surface area contributed by atoms with Gasteiger partial charge in [0.1, 0.15) is 0 Å². The normalized spacial score (nSPS) is 19.1. The van der Waals surface area contributed by atoms with Gasteiger partial charge >= 0.3 is 0 Å². The molecular weight excluding hydrogens is 677 g/mol. The summed E-state index contributed by atoms with van der Waals surface area (Å²) in [6.07, 6.45) is 33.1. The van der Waals surface area contributed by atoms with Crippen molar-refractivity contribution in [3.8, 4) is 11.1 Å². The molecule has 2 atom stereocenters. The predicted octanol–water partition coefficient (Wildman–Crippen LogP) is 14.7. The van der Waals surface area contributed by atoms with Crippen molar-refractivity contribution >= 4 is 28.3 Å². The van der Waals surface area contributed by atoms with Gasteiger partial charge in [0.25, 0.3) is 0 Å². The lowest BCUT2D eigenvalue weighted by molar-refractivity contribution is 0.696. The van der Waals surface area contributed by atoms with Crippen molar-refractivity contribution in [3.63, 3.8) is 0 Å². The summed E-state index contributed by atoms with van der Waals surface area (Å²) in [6.45, 7) is 0. The van der Waals surface area contributed by atoms with Crippen molar-refractivity contribution in [2.24, 2.45) is 0 Å². The van der Waals surface area contributed by atoms with Crippen LogP contribution >= 0.6 is 0 Å². The highest BCUT2D eigenvalue weighted by Gasteiger charge is 2.24. The molecule has 9 rings (SSSR count). The molecule has 0 bridgehead atoms. The van der Waals surface area contributed by atoms with Crippen LogP contribution in [0.15, 0.2) is 211 Å². The Hall–Kier alpha value is -6.12. The third-order valence-electron chi connectivity index (χ3n) is 11.7. The van der Waals surface area contributed by atoms with E-state index in [1.54, 1.807) is 5.57 Å². The topological polar surface area (TPSA) is 6.48 Å². The second-order valence-corrected chi connectivity index (χ2v) is 15.4. The highest BCUT2D eigenvalue weighted by Crippen LogP contribution is 2.40. The standard InChI is InChI=1S/C54H50N2/c1-5-16-41(17-6-1)43-30-34-51(35-31-43)55(49-24-9-3-10-25-49)53-28-14-22-47(39-53)45-20-13-21-46(38-45)48-23-15-29-54(40-48)56(50-26-11-4-12-27-50)52-36-32-44(33-37-52)42-18-7-2-8-19-42/h1,3-6,9-11,13-18,20,22-26,28-36,38-40,46,52H,2,7-8,12,19,21,27,37H2. The van der Waals surface area contributed by atoms with Gasteiger partial charge in [0.05, 0.1) is 6.04 Å². The molecule has 0 radical (unpaired) electrons. The summed E-state index contributed by atoms with van der Waals surface area (Å²) in [5.74, 6) is 0.295. The number of hydrogen-bond donors (Lipinski definition) is 0. The molecule has 0 fully saturated rings. The molecule has 0 saturated carbocycles. The summed E-state index contributed by atoms with van der Waals surface area (Å²) in [5.41, 5.74) is 15.4. The zero-order chi connectivity index (χ0) is 37.5. The Kier molecular flexibility index (Phi) is 10.6. The molecule has 0 aliphatic heterocycles. The molecule has 5 aromatic carbocycles. The van der Waals surface area contributed by atoms with E-state index in [2.05, 4.69) is 204 Å². The maximum absolute atomic E-state index is 2.61. The van der Waals surface area contributed by atoms with Gasteiger partial charge in [-0.15, -0.1) is 0 Å². The maximum Gasteiger partial charge on any atom is 0.0557 e. The highest BCUT2D eigenvalue weighted by atomic mass is 15.2. The third-order valence-corrected chi connectivity index (χ3v) is 11.7. The van der Waals surface area contributed by atoms with E-state index >= 15 is 0 Å². The number of hydrogen-bond acceptors (Lipinski definition) is 2. The number of para-hydroxylation sites is 1. The van der Waals surface area contributed by atoms with E-state index in [0.29, 0.717) is 12.0 Å². The van der Waals surface area contributed by atoms with Crippen molar-refractivity contribution in [1.82, 2.24) is 0 Å². The SMILES string of the molecule is C1=CCCC(N(c2cccc(C3C=C(c4cccc(N(c5ccccc5)c5ccc(-c6ccccc6)cc5)c4)C=CC3)c2)C2C=CC(C3=CCCCC3)=CC2)=C1. The first-order valence-electron chi connectivity index (χ1n) is 20.6. The Balaban J connectivity index is 1.00. The van der Waals surface area contributed by atoms with Gasteiger partial charge in [-0.25, -0.2) is 0 Å². The van der Waals surface area contributed by atoms with E-state index in [9.17, 15) is 0 Å². The Morgan fingerprint density at radius 3 is 2.04 bits per heavy atom. The van der Waals surface area contributed by atoms with E-state index < -0.39 is 0 Å². The monoisotopic (exact) mass is 726 g/mol. The van der Waals surface area contributed by atoms with Crippen molar-refractivity contribution in [3.05, 3.63) is 222 Å². The first-order chi connectivity index (χ1) is 27.8. The van der Waals surface area contributed by atoms with E-state index in [1.165, 1.54) is 70.5 Å². The summed E-state index contributed by atoms with van der Waals surface area (Å²) in [7, 11) is 0. The molecular formula is C54H50N2. The van der Waals surface area contributed by atoms with Crippen molar-refractivity contribution in [2.75, 3.05) is 9.80 Å². The quantitative estimate of drug-likeness (QED) is 0.141. The second kappa shape index (κ2) is 16.7. The number of nitrogens with zero attached hydrogens (tertiary/aromatic N) is 2. The molecule has 0 N–H and O–H groups in total. The fourth-order valence-corrected chi connectivity index (χ4v) is 8.79. The van der Waals surface area contributed by atoms with Crippen LogP contribution < -0.4 is 9.80 Å². The zero-order valence-corrected chi connectivity index (χ0v) is 32.2. The Morgan fingerprint density at radius 2 is 1.27 bits per heavy atom. The third kappa shape index (κ3) is 7.84. The number of benzene rings is 5. The lowest BCUT2D eigenvalue weighted by Gasteiger charge is -2.36. The largest absolute Gasteiger partial charge is 0.338 e. The van der Waals surface area contributed by atoms with E-state index in [-0.39, 0.29) is 0 Å². The van der Waals surface area contributed by atoms with E-state index in [4.69, 9.17) is 0 Å². The predicted molar refractivity (Wildman–Crippen MR) is 239 cm³/mol. The molecule has 0 aromatic heterocycles. The van der Waals surface area contributed by atoms with E-state index in [0.717, 1.165) is 42.7 Å². The fourth-order valence-electron chi connectivity index (χ4n) is 8.79.